The third kappa shape index (κ3) is 1.79. The highest BCUT2D eigenvalue weighted by atomic mass is 16.5. The summed E-state index contributed by atoms with van der Waals surface area (Å²) in [5, 5.41) is 9.42. The Hall–Kier alpha value is -1.97. The van der Waals surface area contributed by atoms with E-state index in [2.05, 4.69) is 11.0 Å². The summed E-state index contributed by atoms with van der Waals surface area (Å²) in [5.74, 6) is -0.148. The van der Waals surface area contributed by atoms with Gasteiger partial charge in [-0.25, -0.2) is 0 Å². The smallest absolute Gasteiger partial charge is 0.225 e. The molecule has 0 amide bonds. The summed E-state index contributed by atoms with van der Waals surface area (Å²) in [6.45, 7) is 2.18. The van der Waals surface area contributed by atoms with E-state index < -0.39 is 0 Å². The summed E-state index contributed by atoms with van der Waals surface area (Å²) in [6.07, 6.45) is 0.434. The maximum absolute atomic E-state index is 12.7. The Labute approximate surface area is 129 Å². The number of carbonyl (C=O) groups is 2. The molecule has 0 radical (unpaired) electrons. The highest BCUT2D eigenvalue weighted by Gasteiger charge is 2.50. The largest absolute Gasteiger partial charge is 0.492 e. The van der Waals surface area contributed by atoms with Crippen LogP contribution in [0.15, 0.2) is 22.5 Å². The second-order valence-electron chi connectivity index (χ2n) is 6.17. The standard InChI is InChI=1S/C16H19N3O3/c1-8-14(20)9-5-10-11(6-17)18(2)7-12(19(10)3)13(9)15(21)16(8)22-4/h10-12H,5,7H2,1-4H3. The number of rotatable bonds is 1. The number of ketones is 2. The van der Waals surface area contributed by atoms with E-state index >= 15 is 0 Å². The molecule has 116 valence electrons. The molecule has 0 aromatic heterocycles. The molecule has 3 rings (SSSR count). The Morgan fingerprint density at radius 2 is 1.95 bits per heavy atom. The fourth-order valence-electron chi connectivity index (χ4n) is 3.89. The summed E-state index contributed by atoms with van der Waals surface area (Å²) >= 11 is 0. The van der Waals surface area contributed by atoms with Crippen molar-refractivity contribution in [1.82, 2.24) is 9.80 Å². The van der Waals surface area contributed by atoms with Gasteiger partial charge in [0, 0.05) is 29.3 Å². The van der Waals surface area contributed by atoms with E-state index in [4.69, 9.17) is 4.74 Å². The van der Waals surface area contributed by atoms with Crippen molar-refractivity contribution >= 4 is 11.6 Å². The molecular formula is C16H19N3O3. The van der Waals surface area contributed by atoms with Crippen LogP contribution in [0.1, 0.15) is 13.3 Å². The zero-order valence-electron chi connectivity index (χ0n) is 13.2. The number of ether oxygens (including phenoxy) is 1. The van der Waals surface area contributed by atoms with Crippen LogP contribution in [0.4, 0.5) is 0 Å². The fraction of sp³-hybridized carbons (Fsp3) is 0.562. The van der Waals surface area contributed by atoms with E-state index in [1.807, 2.05) is 19.0 Å². The third-order valence-corrected chi connectivity index (χ3v) is 5.13. The minimum absolute atomic E-state index is 0.0684. The number of hydrogen-bond acceptors (Lipinski definition) is 6. The van der Waals surface area contributed by atoms with Crippen LogP contribution >= 0.6 is 0 Å². The Bertz CT molecular complexity index is 671. The first-order valence-electron chi connectivity index (χ1n) is 7.31. The van der Waals surface area contributed by atoms with Crippen LogP contribution in [0.3, 0.4) is 0 Å². The van der Waals surface area contributed by atoms with Crippen LogP contribution in [0.5, 0.6) is 0 Å². The SMILES string of the molecule is COC1=C(C)C(=O)C2=C(C1=O)C1CN(C)C(C#N)C(C2)N1C. The molecule has 3 aliphatic rings. The van der Waals surface area contributed by atoms with Crippen molar-refractivity contribution < 1.29 is 14.3 Å². The first kappa shape index (κ1) is 14.9. The molecule has 3 atom stereocenters. The third-order valence-electron chi connectivity index (χ3n) is 5.13. The predicted octanol–water partition coefficient (Wildman–Crippen LogP) is 0.265. The van der Waals surface area contributed by atoms with Crippen molar-refractivity contribution in [3.63, 3.8) is 0 Å². The quantitative estimate of drug-likeness (QED) is 0.647. The predicted molar refractivity (Wildman–Crippen MR) is 78.7 cm³/mol. The molecule has 0 spiro atoms. The average Bonchev–Trinajstić information content (AvgIpc) is 2.47. The van der Waals surface area contributed by atoms with Gasteiger partial charge in [-0.2, -0.15) is 5.26 Å². The molecule has 0 N–H and O–H groups in total. The Morgan fingerprint density at radius 3 is 2.55 bits per heavy atom. The van der Waals surface area contributed by atoms with Gasteiger partial charge in [-0.05, 0) is 27.4 Å². The molecule has 1 aliphatic carbocycles. The van der Waals surface area contributed by atoms with E-state index in [-0.39, 0.29) is 35.5 Å². The molecule has 1 saturated heterocycles. The van der Waals surface area contributed by atoms with Crippen LogP contribution in [0, 0.1) is 11.3 Å². The molecule has 2 aliphatic heterocycles. The molecule has 2 bridgehead atoms. The molecule has 0 saturated carbocycles. The zero-order chi connectivity index (χ0) is 16.2. The summed E-state index contributed by atoms with van der Waals surface area (Å²) in [4.78, 5) is 29.4. The van der Waals surface area contributed by atoms with Gasteiger partial charge in [0.2, 0.25) is 5.78 Å². The zero-order valence-corrected chi connectivity index (χ0v) is 13.2. The molecular weight excluding hydrogens is 282 g/mol. The van der Waals surface area contributed by atoms with Crippen molar-refractivity contribution in [2.75, 3.05) is 27.7 Å². The Morgan fingerprint density at radius 1 is 1.27 bits per heavy atom. The van der Waals surface area contributed by atoms with Gasteiger partial charge in [-0.3, -0.25) is 19.4 Å². The van der Waals surface area contributed by atoms with E-state index in [0.717, 1.165) is 0 Å². The first-order valence-corrected chi connectivity index (χ1v) is 7.31. The maximum Gasteiger partial charge on any atom is 0.225 e. The number of carbonyl (C=O) groups excluding carboxylic acids is 2. The van der Waals surface area contributed by atoms with Crippen LogP contribution in [-0.4, -0.2) is 67.2 Å². The summed E-state index contributed by atoms with van der Waals surface area (Å²) in [6, 6.07) is 1.81. The molecule has 0 aromatic rings. The highest BCUT2D eigenvalue weighted by molar-refractivity contribution is 6.25. The lowest BCUT2D eigenvalue weighted by molar-refractivity contribution is -0.121. The van der Waals surface area contributed by atoms with E-state index in [1.165, 1.54) is 7.11 Å². The van der Waals surface area contributed by atoms with Crippen molar-refractivity contribution in [2.24, 2.45) is 0 Å². The van der Waals surface area contributed by atoms with Crippen molar-refractivity contribution in [3.8, 4) is 6.07 Å². The second kappa shape index (κ2) is 5.04. The van der Waals surface area contributed by atoms with Crippen molar-refractivity contribution in [2.45, 2.75) is 31.5 Å². The van der Waals surface area contributed by atoms with E-state index in [9.17, 15) is 14.9 Å². The van der Waals surface area contributed by atoms with Gasteiger partial charge in [0.25, 0.3) is 0 Å². The van der Waals surface area contributed by atoms with Gasteiger partial charge in [-0.1, -0.05) is 0 Å². The van der Waals surface area contributed by atoms with Gasteiger partial charge >= 0.3 is 0 Å². The van der Waals surface area contributed by atoms with Gasteiger partial charge in [-0.15, -0.1) is 0 Å². The van der Waals surface area contributed by atoms with Gasteiger partial charge in [0.15, 0.2) is 11.5 Å². The lowest BCUT2D eigenvalue weighted by Crippen LogP contribution is -2.65. The minimum atomic E-state index is -0.272. The number of hydrogen-bond donors (Lipinski definition) is 0. The van der Waals surface area contributed by atoms with Crippen LogP contribution in [-0.2, 0) is 14.3 Å². The Balaban J connectivity index is 2.12. The van der Waals surface area contributed by atoms with Crippen LogP contribution < -0.4 is 0 Å². The number of allylic oxidation sites excluding steroid dienone is 2. The Kier molecular flexibility index (Phi) is 3.42. The number of likely N-dealkylation sites (N-methyl/N-ethyl adjacent to an activating group) is 2. The van der Waals surface area contributed by atoms with Crippen molar-refractivity contribution in [3.05, 3.63) is 22.5 Å². The number of Topliss-reactive ketones (excluding diaryl/α,β-unsaturated/α-hetero) is 2. The number of nitrogens with zero attached hydrogens (tertiary/aromatic N) is 3. The summed E-state index contributed by atoms with van der Waals surface area (Å²) in [7, 11) is 5.23. The number of nitriles is 1. The lowest BCUT2D eigenvalue weighted by Gasteiger charge is -2.51. The number of fused-ring (bicyclic) bond motifs is 3. The van der Waals surface area contributed by atoms with Gasteiger partial charge in [0.05, 0.1) is 19.2 Å². The molecule has 1 fully saturated rings. The van der Waals surface area contributed by atoms with E-state index in [1.54, 1.807) is 6.92 Å². The topological polar surface area (TPSA) is 73.6 Å². The molecule has 6 nitrogen and oxygen atoms in total. The lowest BCUT2D eigenvalue weighted by atomic mass is 9.75. The molecule has 2 heterocycles. The van der Waals surface area contributed by atoms with Crippen LogP contribution in [0.25, 0.3) is 0 Å². The second-order valence-corrected chi connectivity index (χ2v) is 6.17. The highest BCUT2D eigenvalue weighted by Crippen LogP contribution is 2.40. The normalized spacial score (nSPS) is 33.0. The summed E-state index contributed by atoms with van der Waals surface area (Å²) < 4.78 is 5.17. The summed E-state index contributed by atoms with van der Waals surface area (Å²) in [5.41, 5.74) is 1.50. The van der Waals surface area contributed by atoms with E-state index in [0.29, 0.717) is 29.7 Å². The molecule has 0 aromatic carbocycles. The fourth-order valence-corrected chi connectivity index (χ4v) is 3.89. The van der Waals surface area contributed by atoms with Crippen molar-refractivity contribution in [1.29, 1.82) is 5.26 Å². The monoisotopic (exact) mass is 301 g/mol. The molecule has 22 heavy (non-hydrogen) atoms. The first-order chi connectivity index (χ1) is 10.4. The number of piperazine rings is 1. The maximum atomic E-state index is 12.7. The van der Waals surface area contributed by atoms with Gasteiger partial charge < -0.3 is 4.74 Å². The number of methoxy groups -OCH3 is 1. The molecule has 3 unspecified atom stereocenters. The molecule has 6 heteroatoms. The minimum Gasteiger partial charge on any atom is -0.492 e. The van der Waals surface area contributed by atoms with Gasteiger partial charge in [0.1, 0.15) is 6.04 Å². The average molecular weight is 301 g/mol. The van der Waals surface area contributed by atoms with Crippen LogP contribution in [0.2, 0.25) is 0 Å².